The number of aliphatic carboxylic acids is 1. The number of carbonyl (C=O) groups is 1. The SMILES string of the molecule is CCCC[C@H](Sc1nc2c([nH]c3ccccc32)c(=O)n1CCOC)C(=O)[O-]. The van der Waals surface area contributed by atoms with Crippen LogP contribution >= 0.6 is 11.8 Å². The molecule has 8 heteroatoms. The molecule has 7 nitrogen and oxygen atoms in total. The number of nitrogens with one attached hydrogen (secondary N) is 1. The van der Waals surface area contributed by atoms with E-state index in [0.717, 1.165) is 35.5 Å². The van der Waals surface area contributed by atoms with Gasteiger partial charge in [0, 0.05) is 18.0 Å². The second-order valence-corrected chi connectivity index (χ2v) is 7.48. The molecule has 0 fully saturated rings. The molecule has 0 amide bonds. The predicted molar refractivity (Wildman–Crippen MR) is 104 cm³/mol. The molecule has 2 aromatic heterocycles. The van der Waals surface area contributed by atoms with Gasteiger partial charge in [-0.15, -0.1) is 0 Å². The van der Waals surface area contributed by atoms with E-state index < -0.39 is 11.2 Å². The third-order valence-corrected chi connectivity index (χ3v) is 5.66. The van der Waals surface area contributed by atoms with E-state index in [9.17, 15) is 14.7 Å². The lowest BCUT2D eigenvalue weighted by atomic mass is 10.2. The zero-order valence-electron chi connectivity index (χ0n) is 15.4. The molecule has 144 valence electrons. The molecule has 1 atom stereocenters. The number of carbonyl (C=O) groups excluding carboxylic acids is 1. The van der Waals surface area contributed by atoms with E-state index in [1.165, 1.54) is 4.57 Å². The molecule has 27 heavy (non-hydrogen) atoms. The van der Waals surface area contributed by atoms with Gasteiger partial charge in [-0.1, -0.05) is 49.7 Å². The Labute approximate surface area is 160 Å². The Balaban J connectivity index is 2.14. The average Bonchev–Trinajstić information content (AvgIpc) is 3.03. The zero-order valence-corrected chi connectivity index (χ0v) is 16.2. The summed E-state index contributed by atoms with van der Waals surface area (Å²) in [4.78, 5) is 32.4. The minimum Gasteiger partial charge on any atom is -0.549 e. The first-order valence-electron chi connectivity index (χ1n) is 8.94. The Morgan fingerprint density at radius 2 is 2.19 bits per heavy atom. The third-order valence-electron chi connectivity index (χ3n) is 4.43. The fourth-order valence-electron chi connectivity index (χ4n) is 2.99. The Hall–Kier alpha value is -2.32. The van der Waals surface area contributed by atoms with Gasteiger partial charge < -0.3 is 19.6 Å². The first-order chi connectivity index (χ1) is 13.1. The number of aromatic amines is 1. The van der Waals surface area contributed by atoms with Crippen LogP contribution in [0.3, 0.4) is 0 Å². The number of unbranched alkanes of at least 4 members (excludes halogenated alkanes) is 1. The van der Waals surface area contributed by atoms with Gasteiger partial charge in [0.15, 0.2) is 5.16 Å². The quantitative estimate of drug-likeness (QED) is 0.444. The van der Waals surface area contributed by atoms with Crippen molar-refractivity contribution in [1.29, 1.82) is 0 Å². The van der Waals surface area contributed by atoms with E-state index in [2.05, 4.69) is 9.97 Å². The molecule has 0 saturated carbocycles. The second kappa shape index (κ2) is 8.58. The number of methoxy groups -OCH3 is 1. The lowest BCUT2D eigenvalue weighted by Crippen LogP contribution is -2.34. The van der Waals surface area contributed by atoms with Crippen molar-refractivity contribution in [3.63, 3.8) is 0 Å². The molecular weight excluding hydrogens is 366 g/mol. The van der Waals surface area contributed by atoms with Crippen molar-refractivity contribution in [3.05, 3.63) is 34.6 Å². The van der Waals surface area contributed by atoms with E-state index in [4.69, 9.17) is 4.74 Å². The van der Waals surface area contributed by atoms with Gasteiger partial charge in [-0.05, 0) is 12.5 Å². The number of hydrogen-bond acceptors (Lipinski definition) is 6. The molecule has 3 rings (SSSR count). The molecule has 0 aliphatic heterocycles. The first kappa shape index (κ1) is 19.4. The lowest BCUT2D eigenvalue weighted by Gasteiger charge is -2.19. The summed E-state index contributed by atoms with van der Waals surface area (Å²) in [6, 6.07) is 7.54. The normalized spacial score (nSPS) is 12.7. The van der Waals surface area contributed by atoms with Crippen LogP contribution in [0.4, 0.5) is 0 Å². The van der Waals surface area contributed by atoms with Gasteiger partial charge in [0.25, 0.3) is 5.56 Å². The van der Waals surface area contributed by atoms with Gasteiger partial charge in [-0.25, -0.2) is 4.98 Å². The summed E-state index contributed by atoms with van der Waals surface area (Å²) in [7, 11) is 1.55. The van der Waals surface area contributed by atoms with Crippen molar-refractivity contribution in [2.45, 2.75) is 43.1 Å². The minimum absolute atomic E-state index is 0.233. The van der Waals surface area contributed by atoms with Crippen LogP contribution in [0, 0.1) is 0 Å². The first-order valence-corrected chi connectivity index (χ1v) is 9.82. The van der Waals surface area contributed by atoms with Crippen LogP contribution < -0.4 is 10.7 Å². The van der Waals surface area contributed by atoms with Crippen molar-refractivity contribution in [2.24, 2.45) is 0 Å². The number of aromatic nitrogens is 3. The molecule has 0 bridgehead atoms. The summed E-state index contributed by atoms with van der Waals surface area (Å²) in [5.74, 6) is -1.14. The molecule has 0 saturated heterocycles. The Bertz CT molecular complexity index is 1010. The average molecular weight is 388 g/mol. The number of fused-ring (bicyclic) bond motifs is 3. The summed E-state index contributed by atoms with van der Waals surface area (Å²) < 4.78 is 6.59. The number of H-pyrrole nitrogens is 1. The summed E-state index contributed by atoms with van der Waals surface area (Å²) in [6.45, 7) is 2.62. The van der Waals surface area contributed by atoms with Crippen LogP contribution in [0.15, 0.2) is 34.2 Å². The number of carboxylic acid groups (broad SMARTS) is 1. The Kier molecular flexibility index (Phi) is 6.18. The molecule has 2 heterocycles. The van der Waals surface area contributed by atoms with Crippen LogP contribution in [-0.4, -0.2) is 39.5 Å². The maximum absolute atomic E-state index is 13.0. The van der Waals surface area contributed by atoms with Crippen molar-refractivity contribution in [2.75, 3.05) is 13.7 Å². The Morgan fingerprint density at radius 3 is 2.89 bits per heavy atom. The van der Waals surface area contributed by atoms with Crippen LogP contribution in [0.5, 0.6) is 0 Å². The number of thioether (sulfide) groups is 1. The zero-order chi connectivity index (χ0) is 19.4. The van der Waals surface area contributed by atoms with Crippen molar-refractivity contribution < 1.29 is 14.6 Å². The highest BCUT2D eigenvalue weighted by molar-refractivity contribution is 8.00. The van der Waals surface area contributed by atoms with Crippen molar-refractivity contribution >= 4 is 39.7 Å². The summed E-state index contributed by atoms with van der Waals surface area (Å²) in [5, 5.41) is 12.0. The topological polar surface area (TPSA) is 100 Å². The molecule has 0 aliphatic carbocycles. The number of ether oxygens (including phenoxy) is 1. The smallest absolute Gasteiger partial charge is 0.278 e. The van der Waals surface area contributed by atoms with Gasteiger partial charge in [0.2, 0.25) is 0 Å². The van der Waals surface area contributed by atoms with Crippen LogP contribution in [-0.2, 0) is 16.1 Å². The van der Waals surface area contributed by atoms with Gasteiger partial charge in [0.05, 0.1) is 24.4 Å². The maximum atomic E-state index is 13.0. The van der Waals surface area contributed by atoms with Crippen LogP contribution in [0.1, 0.15) is 26.2 Å². The standard InChI is InChI=1S/C19H23N3O4S/c1-3-4-9-14(18(24)25)27-19-21-15-12-7-5-6-8-13(12)20-16(15)17(23)22(19)10-11-26-2/h5-8,14,20H,3-4,9-11H2,1-2H3,(H,24,25)/p-1/t14-/m0/s1. The predicted octanol–water partition coefficient (Wildman–Crippen LogP) is 1.92. The maximum Gasteiger partial charge on any atom is 0.278 e. The number of rotatable bonds is 9. The van der Waals surface area contributed by atoms with E-state index in [-0.39, 0.29) is 5.56 Å². The number of nitrogens with zero attached hydrogens (tertiary/aromatic N) is 2. The molecule has 0 unspecified atom stereocenters. The van der Waals surface area contributed by atoms with Gasteiger partial charge in [-0.3, -0.25) is 9.36 Å². The van der Waals surface area contributed by atoms with Crippen molar-refractivity contribution in [1.82, 2.24) is 14.5 Å². The molecule has 0 radical (unpaired) electrons. The number of benzene rings is 1. The van der Waals surface area contributed by atoms with Crippen LogP contribution in [0.2, 0.25) is 0 Å². The highest BCUT2D eigenvalue weighted by Gasteiger charge is 2.20. The van der Waals surface area contributed by atoms with Gasteiger partial charge in [-0.2, -0.15) is 0 Å². The summed E-state index contributed by atoms with van der Waals surface area (Å²) in [6.07, 6.45) is 2.12. The largest absolute Gasteiger partial charge is 0.549 e. The summed E-state index contributed by atoms with van der Waals surface area (Å²) in [5.41, 5.74) is 1.55. The molecule has 1 aromatic carbocycles. The third kappa shape index (κ3) is 4.01. The monoisotopic (exact) mass is 388 g/mol. The fraction of sp³-hybridized carbons (Fsp3) is 0.421. The van der Waals surface area contributed by atoms with E-state index in [0.29, 0.717) is 35.8 Å². The number of para-hydroxylation sites is 1. The van der Waals surface area contributed by atoms with Crippen LogP contribution in [0.25, 0.3) is 21.9 Å². The minimum atomic E-state index is -1.14. The van der Waals surface area contributed by atoms with E-state index in [1.54, 1.807) is 7.11 Å². The number of carboxylic acids is 1. The Morgan fingerprint density at radius 1 is 1.41 bits per heavy atom. The lowest BCUT2D eigenvalue weighted by molar-refractivity contribution is -0.304. The molecule has 0 spiro atoms. The van der Waals surface area contributed by atoms with E-state index in [1.807, 2.05) is 31.2 Å². The second-order valence-electron chi connectivity index (χ2n) is 6.31. The highest BCUT2D eigenvalue weighted by atomic mass is 32.2. The van der Waals surface area contributed by atoms with Crippen molar-refractivity contribution in [3.8, 4) is 0 Å². The van der Waals surface area contributed by atoms with E-state index >= 15 is 0 Å². The number of hydrogen-bond donors (Lipinski definition) is 1. The van der Waals surface area contributed by atoms with Gasteiger partial charge in [0.1, 0.15) is 11.0 Å². The van der Waals surface area contributed by atoms with Gasteiger partial charge >= 0.3 is 0 Å². The fourth-order valence-corrected chi connectivity index (χ4v) is 4.07. The summed E-state index contributed by atoms with van der Waals surface area (Å²) >= 11 is 1.08. The highest BCUT2D eigenvalue weighted by Crippen LogP contribution is 2.28. The molecular formula is C19H22N3O4S-. The molecule has 0 aliphatic rings. The molecule has 1 N–H and O–H groups in total. The molecule has 3 aromatic rings.